The molecule has 0 aliphatic carbocycles. The van der Waals surface area contributed by atoms with Crippen molar-refractivity contribution in [1.29, 1.82) is 0 Å². The lowest BCUT2D eigenvalue weighted by molar-refractivity contribution is -0.161. The van der Waals surface area contributed by atoms with Gasteiger partial charge in [-0.3, -0.25) is 32.5 Å². The number of carbonyl (C=O) groups is 3. The van der Waals surface area contributed by atoms with Crippen molar-refractivity contribution in [3.8, 4) is 0 Å². The van der Waals surface area contributed by atoms with E-state index < -0.39 is 91.5 Å². The van der Waals surface area contributed by atoms with Crippen LogP contribution in [0.5, 0.6) is 0 Å². The summed E-state index contributed by atoms with van der Waals surface area (Å²) in [4.78, 5) is 59.1. The first-order valence-corrected chi connectivity index (χ1v) is 52.7. The molecule has 18 heteroatoms. The highest BCUT2D eigenvalue weighted by molar-refractivity contribution is 7.47. The largest absolute Gasteiger partial charge is 0.472 e. The fraction of sp³-hybridized carbons (Fsp3) is 0.673. The number of aliphatic hydroxyl groups is 2. The minimum atomic E-state index is -4.96. The maximum Gasteiger partial charge on any atom is 0.472 e. The first kappa shape index (κ1) is 119. The SMILES string of the molecule is CC/C=C\C/C=C\C/C=C\C/C=C\C/C=C\C/C=C\CCCCCCCCCCCCCCCCCCC(=O)OCC(O)COP(=O)(O)OCC(O)COP(=O)(O)OCC(COC(=O)CCCCCCCCCCCCCCCCCCC/C=C\C/C=C\C/C=C\C/C=C\CCCCC)OC(=O)CCCC/C=C\C/C=C\C/C=C\C/C=C\C/C=C\C/C=C\CC. The Morgan fingerprint density at radius 3 is 0.688 bits per heavy atom. The van der Waals surface area contributed by atoms with E-state index in [0.29, 0.717) is 25.7 Å². The maximum atomic E-state index is 13.1. The first-order valence-electron chi connectivity index (χ1n) is 49.7. The number of carbonyl (C=O) groups excluding carboxylic acids is 3. The van der Waals surface area contributed by atoms with Crippen LogP contribution < -0.4 is 0 Å². The maximum absolute atomic E-state index is 13.1. The number of ether oxygens (including phenoxy) is 3. The second-order valence-corrected chi connectivity index (χ2v) is 35.7. The highest BCUT2D eigenvalue weighted by Gasteiger charge is 2.30. The smallest absolute Gasteiger partial charge is 0.463 e. The van der Waals surface area contributed by atoms with Crippen molar-refractivity contribution in [2.75, 3.05) is 39.6 Å². The van der Waals surface area contributed by atoms with Gasteiger partial charge in [-0.2, -0.15) is 0 Å². The molecule has 0 rings (SSSR count). The van der Waals surface area contributed by atoms with Gasteiger partial charge >= 0.3 is 33.6 Å². The number of phosphoric ester groups is 2. The molecule has 0 radical (unpaired) electrons. The second kappa shape index (κ2) is 97.4. The van der Waals surface area contributed by atoms with Crippen LogP contribution in [0.25, 0.3) is 0 Å². The summed E-state index contributed by atoms with van der Waals surface area (Å²) in [6, 6.07) is 0. The Hall–Kier alpha value is -5.61. The highest BCUT2D eigenvalue weighted by Crippen LogP contribution is 2.45. The van der Waals surface area contributed by atoms with Gasteiger partial charge in [-0.05, 0) is 167 Å². The Morgan fingerprint density at radius 1 is 0.232 bits per heavy atom. The van der Waals surface area contributed by atoms with E-state index in [1.54, 1.807) is 0 Å². The minimum absolute atomic E-state index is 0.0455. The molecule has 16 nitrogen and oxygen atoms in total. The fourth-order valence-electron chi connectivity index (χ4n) is 13.3. The Bertz CT molecular complexity index is 3050. The van der Waals surface area contributed by atoms with Gasteiger partial charge < -0.3 is 34.2 Å². The summed E-state index contributed by atoms with van der Waals surface area (Å²) in [5.74, 6) is -1.62. The van der Waals surface area contributed by atoms with Gasteiger partial charge in [0, 0.05) is 19.3 Å². The van der Waals surface area contributed by atoms with E-state index >= 15 is 0 Å². The molecule has 0 aromatic heterocycles. The van der Waals surface area contributed by atoms with Crippen LogP contribution in [-0.4, -0.2) is 95.9 Å². The van der Waals surface area contributed by atoms with Crippen molar-refractivity contribution in [1.82, 2.24) is 0 Å². The third kappa shape index (κ3) is 98.8. The lowest BCUT2D eigenvalue weighted by Gasteiger charge is -2.21. The molecule has 0 aromatic carbocycles. The Balaban J connectivity index is 4.56. The molecule has 0 aliphatic heterocycles. The molecule has 0 fully saturated rings. The molecule has 0 aliphatic rings. The van der Waals surface area contributed by atoms with Crippen molar-refractivity contribution in [3.05, 3.63) is 194 Å². The van der Waals surface area contributed by atoms with Crippen LogP contribution in [0.15, 0.2) is 194 Å². The molecule has 4 N–H and O–H groups in total. The van der Waals surface area contributed by atoms with Gasteiger partial charge in [0.25, 0.3) is 0 Å². The number of hydrogen-bond acceptors (Lipinski definition) is 14. The molecule has 0 heterocycles. The minimum Gasteiger partial charge on any atom is -0.463 e. The quantitative estimate of drug-likeness (QED) is 0.0146. The molecular formula is C107H180O16P2. The van der Waals surface area contributed by atoms with Crippen LogP contribution in [0.4, 0.5) is 0 Å². The van der Waals surface area contributed by atoms with E-state index in [-0.39, 0.29) is 19.3 Å². The number of esters is 3. The van der Waals surface area contributed by atoms with Crippen LogP contribution in [0.3, 0.4) is 0 Å². The third-order valence-electron chi connectivity index (χ3n) is 20.8. The monoisotopic (exact) mass is 1780 g/mol. The highest BCUT2D eigenvalue weighted by atomic mass is 31.2. The Morgan fingerprint density at radius 2 is 0.424 bits per heavy atom. The summed E-state index contributed by atoms with van der Waals surface area (Å²) in [5.41, 5.74) is 0. The van der Waals surface area contributed by atoms with Crippen LogP contribution in [0.1, 0.15) is 406 Å². The summed E-state index contributed by atoms with van der Waals surface area (Å²) in [6.07, 6.45) is 131. The van der Waals surface area contributed by atoms with Gasteiger partial charge in [-0.25, -0.2) is 9.13 Å². The number of aliphatic hydroxyl groups excluding tert-OH is 2. The summed E-state index contributed by atoms with van der Waals surface area (Å²) in [7, 11) is -9.83. The molecule has 0 amide bonds. The predicted molar refractivity (Wildman–Crippen MR) is 528 cm³/mol. The van der Waals surface area contributed by atoms with E-state index in [9.17, 15) is 43.5 Å². The second-order valence-electron chi connectivity index (χ2n) is 32.8. The van der Waals surface area contributed by atoms with Gasteiger partial charge in [-0.15, -0.1) is 0 Å². The zero-order valence-electron chi connectivity index (χ0n) is 79.0. The van der Waals surface area contributed by atoms with Gasteiger partial charge in [0.15, 0.2) is 6.10 Å². The molecule has 0 aromatic rings. The molecule has 5 atom stereocenters. The Labute approximate surface area is 763 Å². The topological polar surface area (TPSA) is 231 Å². The zero-order valence-corrected chi connectivity index (χ0v) is 80.7. The predicted octanol–water partition coefficient (Wildman–Crippen LogP) is 31.3. The Kier molecular flexibility index (Phi) is 93.1. The van der Waals surface area contributed by atoms with Gasteiger partial charge in [0.2, 0.25) is 0 Å². The summed E-state index contributed by atoms with van der Waals surface area (Å²) < 4.78 is 61.5. The van der Waals surface area contributed by atoms with Crippen molar-refractivity contribution in [2.45, 2.75) is 424 Å². The average molecular weight is 1780 g/mol. The summed E-state index contributed by atoms with van der Waals surface area (Å²) in [6.45, 7) is 2.42. The molecule has 5 unspecified atom stereocenters. The van der Waals surface area contributed by atoms with Crippen LogP contribution >= 0.6 is 15.6 Å². The molecule has 125 heavy (non-hydrogen) atoms. The standard InChI is InChI=1S/C107H180O16P2/c1-4-7-10-13-16-19-22-25-28-31-34-37-39-41-43-45-47-49-50-52-54-55-57-59-61-64-66-69-72-75-78-81-84-87-90-93-105(110)117-96-102(108)97-119-124(113,114)120-98-103(109)99-121-125(115,116)122-101-104(123-107(112)95-92-89-86-83-80-77-74-71-68-63-36-33-30-27-24-21-18-15-12-9-6-3)100-118-106(111)94-91-88-85-82-79-76-73-70-67-65-62-60-58-56-53-51-48-46-44-42-40-38-35-32-29-26-23-20-17-14-11-8-5-2/h7,9-10,12,16-21,25-30,34-38,41-44,47,49,63,71,74,80,83,102-104,108-109H,4-6,8,11,13-15,22-24,31-33,39-40,45-46,48,50-62,64-70,72-73,75-79,81-82,84-101H2,1-3H3,(H,113,114)(H,115,116)/b10-7-,12-9-,19-16-,20-17-,21-18-,28-25-,29-26-,30-27-,37-34-,38-35-,43-41-,44-42-,49-47-,63-36-,74-71-,83-80-. The molecule has 0 saturated heterocycles. The van der Waals surface area contributed by atoms with Gasteiger partial charge in [0.1, 0.15) is 25.4 Å². The van der Waals surface area contributed by atoms with Crippen LogP contribution in [-0.2, 0) is 55.8 Å². The van der Waals surface area contributed by atoms with Gasteiger partial charge in [-0.1, -0.05) is 414 Å². The van der Waals surface area contributed by atoms with Crippen molar-refractivity contribution >= 4 is 33.6 Å². The van der Waals surface area contributed by atoms with E-state index in [1.807, 2.05) is 0 Å². The zero-order chi connectivity index (χ0) is 90.7. The van der Waals surface area contributed by atoms with Crippen LogP contribution in [0, 0.1) is 0 Å². The normalized spacial score (nSPS) is 14.5. The summed E-state index contributed by atoms with van der Waals surface area (Å²) in [5, 5.41) is 20.8. The molecule has 0 bridgehead atoms. The molecular weight excluding hydrogens is 1600 g/mol. The van der Waals surface area contributed by atoms with Crippen molar-refractivity contribution in [3.63, 3.8) is 0 Å². The van der Waals surface area contributed by atoms with E-state index in [1.165, 1.54) is 199 Å². The van der Waals surface area contributed by atoms with Crippen molar-refractivity contribution in [2.24, 2.45) is 0 Å². The first-order chi connectivity index (χ1) is 61.2. The number of hydrogen-bond donors (Lipinski definition) is 4. The third-order valence-corrected chi connectivity index (χ3v) is 22.7. The number of phosphoric acid groups is 2. The fourth-order valence-corrected chi connectivity index (χ4v) is 14.9. The number of allylic oxidation sites excluding steroid dienone is 32. The van der Waals surface area contributed by atoms with Crippen molar-refractivity contribution < 1.29 is 75.8 Å². The van der Waals surface area contributed by atoms with Crippen LogP contribution in [0.2, 0.25) is 0 Å². The summed E-state index contributed by atoms with van der Waals surface area (Å²) >= 11 is 0. The van der Waals surface area contributed by atoms with E-state index in [4.69, 9.17) is 32.3 Å². The average Bonchev–Trinajstić information content (AvgIpc) is 0.895. The lowest BCUT2D eigenvalue weighted by Crippen LogP contribution is -2.30. The molecule has 714 valence electrons. The van der Waals surface area contributed by atoms with E-state index in [2.05, 4.69) is 215 Å². The molecule has 0 saturated carbocycles. The van der Waals surface area contributed by atoms with Gasteiger partial charge in [0.05, 0.1) is 26.4 Å². The van der Waals surface area contributed by atoms with E-state index in [0.717, 1.165) is 141 Å². The number of rotatable bonds is 93. The molecule has 0 spiro atoms. The number of unbranched alkanes of at least 4 members (excludes halogenated alkanes) is 38. The lowest BCUT2D eigenvalue weighted by atomic mass is 10.0.